The van der Waals surface area contributed by atoms with E-state index >= 15 is 0 Å². The highest BCUT2D eigenvalue weighted by Gasteiger charge is 2.32. The lowest BCUT2D eigenvalue weighted by Crippen LogP contribution is -2.46. The van der Waals surface area contributed by atoms with Gasteiger partial charge in [0.2, 0.25) is 0 Å². The van der Waals surface area contributed by atoms with Gasteiger partial charge >= 0.3 is 5.97 Å². The molecule has 1 aromatic heterocycles. The monoisotopic (exact) mass is 306 g/mol. The molecule has 0 aliphatic rings. The highest BCUT2D eigenvalue weighted by atomic mass is 32.2. The van der Waals surface area contributed by atoms with Crippen molar-refractivity contribution in [2.24, 2.45) is 5.73 Å². The SMILES string of the molecule is CC(C)(SCc1cc(-c2ccccc2)on1)[C@H](N)C(=O)O. The van der Waals surface area contributed by atoms with Crippen LogP contribution in [-0.4, -0.2) is 27.0 Å². The van der Waals surface area contributed by atoms with E-state index in [-0.39, 0.29) is 0 Å². The molecule has 1 heterocycles. The van der Waals surface area contributed by atoms with Crippen molar-refractivity contribution in [1.82, 2.24) is 5.16 Å². The van der Waals surface area contributed by atoms with E-state index in [9.17, 15) is 4.79 Å². The van der Waals surface area contributed by atoms with Gasteiger partial charge in [0.25, 0.3) is 0 Å². The van der Waals surface area contributed by atoms with Crippen molar-refractivity contribution in [1.29, 1.82) is 0 Å². The lowest BCUT2D eigenvalue weighted by Gasteiger charge is -2.27. The second kappa shape index (κ2) is 6.32. The number of aromatic nitrogens is 1. The van der Waals surface area contributed by atoms with Gasteiger partial charge in [0, 0.05) is 22.1 Å². The van der Waals surface area contributed by atoms with Gasteiger partial charge in [-0.1, -0.05) is 35.5 Å². The Balaban J connectivity index is 2.02. The fourth-order valence-electron chi connectivity index (χ4n) is 1.77. The summed E-state index contributed by atoms with van der Waals surface area (Å²) in [6.07, 6.45) is 0. The molecule has 6 heteroatoms. The summed E-state index contributed by atoms with van der Waals surface area (Å²) >= 11 is 1.45. The maximum Gasteiger partial charge on any atom is 0.321 e. The zero-order valence-corrected chi connectivity index (χ0v) is 12.8. The molecule has 2 rings (SSSR count). The molecule has 0 radical (unpaired) electrons. The van der Waals surface area contributed by atoms with Crippen LogP contribution in [0.25, 0.3) is 11.3 Å². The third-order valence-electron chi connectivity index (χ3n) is 3.22. The van der Waals surface area contributed by atoms with E-state index < -0.39 is 16.8 Å². The fourth-order valence-corrected chi connectivity index (χ4v) is 2.70. The summed E-state index contributed by atoms with van der Waals surface area (Å²) in [5.74, 6) is 0.244. The Morgan fingerprint density at radius 3 is 2.71 bits per heavy atom. The number of aliphatic carboxylic acids is 1. The van der Waals surface area contributed by atoms with E-state index in [1.54, 1.807) is 0 Å². The van der Waals surface area contributed by atoms with Crippen molar-refractivity contribution in [2.45, 2.75) is 30.4 Å². The first-order valence-electron chi connectivity index (χ1n) is 6.53. The Labute approximate surface area is 127 Å². The molecule has 0 amide bonds. The molecule has 0 unspecified atom stereocenters. The summed E-state index contributed by atoms with van der Waals surface area (Å²) in [5, 5.41) is 13.0. The molecular weight excluding hydrogens is 288 g/mol. The van der Waals surface area contributed by atoms with Crippen molar-refractivity contribution >= 4 is 17.7 Å². The fraction of sp³-hybridized carbons (Fsp3) is 0.333. The number of hydrogen-bond acceptors (Lipinski definition) is 5. The summed E-state index contributed by atoms with van der Waals surface area (Å²) in [6, 6.07) is 10.6. The van der Waals surface area contributed by atoms with Crippen LogP contribution in [0.3, 0.4) is 0 Å². The molecule has 0 saturated carbocycles. The minimum absolute atomic E-state index is 0.546. The van der Waals surface area contributed by atoms with Crippen molar-refractivity contribution in [3.8, 4) is 11.3 Å². The van der Waals surface area contributed by atoms with Crippen LogP contribution in [-0.2, 0) is 10.5 Å². The number of benzene rings is 1. The zero-order valence-electron chi connectivity index (χ0n) is 11.9. The average Bonchev–Trinajstić information content (AvgIpc) is 2.94. The minimum Gasteiger partial charge on any atom is -0.480 e. The van der Waals surface area contributed by atoms with Gasteiger partial charge in [0.1, 0.15) is 6.04 Å². The third-order valence-corrected chi connectivity index (χ3v) is 4.66. The first-order chi connectivity index (χ1) is 9.90. The zero-order chi connectivity index (χ0) is 15.5. The van der Waals surface area contributed by atoms with E-state index in [1.807, 2.05) is 50.2 Å². The van der Waals surface area contributed by atoms with Crippen LogP contribution in [0.1, 0.15) is 19.5 Å². The van der Waals surface area contributed by atoms with Crippen LogP contribution < -0.4 is 5.73 Å². The lowest BCUT2D eigenvalue weighted by molar-refractivity contribution is -0.139. The molecule has 1 atom stereocenters. The number of carboxylic acids is 1. The number of hydrogen-bond donors (Lipinski definition) is 2. The Morgan fingerprint density at radius 2 is 2.10 bits per heavy atom. The van der Waals surface area contributed by atoms with Gasteiger partial charge < -0.3 is 15.4 Å². The van der Waals surface area contributed by atoms with Gasteiger partial charge in [-0.3, -0.25) is 4.79 Å². The molecule has 0 fully saturated rings. The van der Waals surface area contributed by atoms with Crippen LogP contribution in [0.2, 0.25) is 0 Å². The summed E-state index contributed by atoms with van der Waals surface area (Å²) in [7, 11) is 0. The minimum atomic E-state index is -1.00. The molecule has 0 aliphatic heterocycles. The molecule has 5 nitrogen and oxygen atoms in total. The van der Waals surface area contributed by atoms with Gasteiger partial charge in [0.15, 0.2) is 5.76 Å². The smallest absolute Gasteiger partial charge is 0.321 e. The molecule has 2 aromatic rings. The first-order valence-corrected chi connectivity index (χ1v) is 7.52. The second-order valence-electron chi connectivity index (χ2n) is 5.26. The van der Waals surface area contributed by atoms with Crippen molar-refractivity contribution in [2.75, 3.05) is 0 Å². The van der Waals surface area contributed by atoms with E-state index in [0.717, 1.165) is 11.3 Å². The number of carboxylic acid groups (broad SMARTS) is 1. The van der Waals surface area contributed by atoms with E-state index in [2.05, 4.69) is 5.16 Å². The molecule has 0 bridgehead atoms. The van der Waals surface area contributed by atoms with Crippen LogP contribution in [0.15, 0.2) is 40.9 Å². The summed E-state index contributed by atoms with van der Waals surface area (Å²) in [4.78, 5) is 11.0. The summed E-state index contributed by atoms with van der Waals surface area (Å²) < 4.78 is 4.73. The highest BCUT2D eigenvalue weighted by molar-refractivity contribution is 7.99. The predicted octanol–water partition coefficient (Wildman–Crippen LogP) is 2.77. The molecular formula is C15H18N2O3S. The third kappa shape index (κ3) is 3.86. The number of nitrogens with zero attached hydrogens (tertiary/aromatic N) is 1. The summed E-state index contributed by atoms with van der Waals surface area (Å²) in [5.41, 5.74) is 7.42. The van der Waals surface area contributed by atoms with Crippen molar-refractivity contribution < 1.29 is 14.4 Å². The van der Waals surface area contributed by atoms with Gasteiger partial charge in [0.05, 0.1) is 5.69 Å². The van der Waals surface area contributed by atoms with E-state index in [4.69, 9.17) is 15.4 Å². The first kappa shape index (κ1) is 15.6. The van der Waals surface area contributed by atoms with Crippen molar-refractivity contribution in [3.63, 3.8) is 0 Å². The standard InChI is InChI=1S/C15H18N2O3S/c1-15(2,13(16)14(18)19)21-9-11-8-12(20-17-11)10-6-4-3-5-7-10/h3-8,13H,9,16H2,1-2H3,(H,18,19)/t13-/m1/s1. The van der Waals surface area contributed by atoms with Gasteiger partial charge in [-0.25, -0.2) is 0 Å². The number of nitrogens with two attached hydrogens (primary N) is 1. The van der Waals surface area contributed by atoms with Crippen LogP contribution in [0, 0.1) is 0 Å². The lowest BCUT2D eigenvalue weighted by atomic mass is 10.1. The van der Waals surface area contributed by atoms with Gasteiger partial charge in [-0.15, -0.1) is 11.8 Å². The topological polar surface area (TPSA) is 89.4 Å². The Kier molecular flexibility index (Phi) is 4.69. The Hall–Kier alpha value is -1.79. The molecule has 112 valence electrons. The maximum atomic E-state index is 11.0. The number of thioether (sulfide) groups is 1. The average molecular weight is 306 g/mol. The highest BCUT2D eigenvalue weighted by Crippen LogP contribution is 2.31. The van der Waals surface area contributed by atoms with Crippen LogP contribution in [0.4, 0.5) is 0 Å². The molecule has 0 spiro atoms. The molecule has 1 aromatic carbocycles. The molecule has 3 N–H and O–H groups in total. The molecule has 0 saturated heterocycles. The Morgan fingerprint density at radius 1 is 1.43 bits per heavy atom. The quantitative estimate of drug-likeness (QED) is 0.853. The van der Waals surface area contributed by atoms with E-state index in [1.165, 1.54) is 11.8 Å². The second-order valence-corrected chi connectivity index (χ2v) is 6.89. The van der Waals surface area contributed by atoms with Gasteiger partial charge in [-0.2, -0.15) is 0 Å². The number of carbonyl (C=O) groups is 1. The molecule has 0 aliphatic carbocycles. The maximum absolute atomic E-state index is 11.0. The molecule has 21 heavy (non-hydrogen) atoms. The summed E-state index contributed by atoms with van der Waals surface area (Å²) in [6.45, 7) is 3.63. The Bertz CT molecular complexity index is 610. The van der Waals surface area contributed by atoms with Crippen LogP contribution in [0.5, 0.6) is 0 Å². The van der Waals surface area contributed by atoms with Gasteiger partial charge in [-0.05, 0) is 13.8 Å². The van der Waals surface area contributed by atoms with Crippen molar-refractivity contribution in [3.05, 3.63) is 42.1 Å². The number of rotatable bonds is 6. The largest absolute Gasteiger partial charge is 0.480 e. The predicted molar refractivity (Wildman–Crippen MR) is 82.9 cm³/mol. The van der Waals surface area contributed by atoms with E-state index in [0.29, 0.717) is 11.5 Å². The van der Waals surface area contributed by atoms with Crippen LogP contribution >= 0.6 is 11.8 Å². The normalized spacial score (nSPS) is 13.1.